The highest BCUT2D eigenvalue weighted by atomic mass is 32.1. The molecule has 1 aliphatic carbocycles. The summed E-state index contributed by atoms with van der Waals surface area (Å²) in [7, 11) is 1.77. The Morgan fingerprint density at radius 3 is 2.56 bits per heavy atom. The van der Waals surface area contributed by atoms with Crippen molar-refractivity contribution in [3.8, 4) is 0 Å². The van der Waals surface area contributed by atoms with Gasteiger partial charge < -0.3 is 10.6 Å². The number of nitrogens with zero attached hydrogens (tertiary/aromatic N) is 1. The minimum absolute atomic E-state index is 0.0422. The molecule has 98 valence electrons. The number of anilines is 1. The highest BCUT2D eigenvalue weighted by Gasteiger charge is 2.33. The molecule has 2 atom stereocenters. The molecule has 1 aromatic carbocycles. The van der Waals surface area contributed by atoms with E-state index in [9.17, 15) is 8.78 Å². The van der Waals surface area contributed by atoms with Gasteiger partial charge in [0.05, 0.1) is 5.69 Å². The number of thiocarbonyl (C=S) groups is 1. The Bertz CT molecular complexity index is 490. The number of benzene rings is 1. The average molecular weight is 270 g/mol. The summed E-state index contributed by atoms with van der Waals surface area (Å²) in [5.41, 5.74) is 5.54. The predicted molar refractivity (Wildman–Crippen MR) is 72.8 cm³/mol. The Balaban J connectivity index is 2.23. The zero-order valence-corrected chi connectivity index (χ0v) is 11.2. The van der Waals surface area contributed by atoms with E-state index in [0.29, 0.717) is 11.8 Å². The summed E-state index contributed by atoms with van der Waals surface area (Å²) in [5, 5.41) is 0. The number of hydrogen-bond donors (Lipinski definition) is 1. The normalized spacial score (nSPS) is 21.8. The molecule has 2 rings (SSSR count). The molecule has 1 saturated carbocycles. The van der Waals surface area contributed by atoms with Gasteiger partial charge in [-0.05, 0) is 30.4 Å². The zero-order valence-electron chi connectivity index (χ0n) is 10.4. The second kappa shape index (κ2) is 4.80. The highest BCUT2D eigenvalue weighted by molar-refractivity contribution is 7.80. The minimum Gasteiger partial charge on any atom is -0.389 e. The fourth-order valence-corrected chi connectivity index (χ4v) is 2.29. The molecule has 0 bridgehead atoms. The maximum Gasteiger partial charge on any atom is 0.182 e. The van der Waals surface area contributed by atoms with Gasteiger partial charge in [0.15, 0.2) is 11.6 Å². The van der Waals surface area contributed by atoms with E-state index in [2.05, 4.69) is 19.1 Å². The Morgan fingerprint density at radius 2 is 2.06 bits per heavy atom. The van der Waals surface area contributed by atoms with Crippen LogP contribution in [0.1, 0.15) is 18.9 Å². The second-order valence-electron chi connectivity index (χ2n) is 4.98. The monoisotopic (exact) mass is 270 g/mol. The molecule has 1 aliphatic rings. The Morgan fingerprint density at radius 1 is 1.44 bits per heavy atom. The van der Waals surface area contributed by atoms with Crippen LogP contribution < -0.4 is 10.6 Å². The molecule has 2 nitrogen and oxygen atoms in total. The highest BCUT2D eigenvalue weighted by Crippen LogP contribution is 2.39. The van der Waals surface area contributed by atoms with Gasteiger partial charge in [0.1, 0.15) is 4.99 Å². The van der Waals surface area contributed by atoms with Gasteiger partial charge >= 0.3 is 0 Å². The summed E-state index contributed by atoms with van der Waals surface area (Å²) in [6.45, 7) is 2.90. The number of halogens is 2. The molecular weight excluding hydrogens is 254 g/mol. The lowest BCUT2D eigenvalue weighted by Crippen LogP contribution is -2.23. The molecule has 0 aromatic heterocycles. The predicted octanol–water partition coefficient (Wildman–Crippen LogP) is 2.69. The number of rotatable bonds is 4. The van der Waals surface area contributed by atoms with Crippen molar-refractivity contribution in [1.82, 2.24) is 0 Å². The van der Waals surface area contributed by atoms with Crippen molar-refractivity contribution < 1.29 is 8.78 Å². The van der Waals surface area contributed by atoms with Gasteiger partial charge in [0, 0.05) is 19.2 Å². The van der Waals surface area contributed by atoms with Crippen LogP contribution in [0.3, 0.4) is 0 Å². The Labute approximate surface area is 111 Å². The maximum atomic E-state index is 13.9. The fourth-order valence-electron chi connectivity index (χ4n) is 2.13. The third-order valence-electron chi connectivity index (χ3n) is 3.52. The van der Waals surface area contributed by atoms with Gasteiger partial charge in [-0.15, -0.1) is 0 Å². The molecular formula is C13H16F2N2S. The minimum atomic E-state index is -0.962. The van der Waals surface area contributed by atoms with Crippen LogP contribution in [0.25, 0.3) is 0 Å². The summed E-state index contributed by atoms with van der Waals surface area (Å²) in [5.74, 6) is -0.587. The molecule has 0 spiro atoms. The van der Waals surface area contributed by atoms with E-state index in [4.69, 9.17) is 5.73 Å². The SMILES string of the molecule is CC1CC1CN(C)c1ccc(C(N)=S)c(F)c1F. The van der Waals surface area contributed by atoms with Crippen molar-refractivity contribution in [1.29, 1.82) is 0 Å². The first-order valence-corrected chi connectivity index (χ1v) is 6.31. The van der Waals surface area contributed by atoms with E-state index in [1.54, 1.807) is 11.9 Å². The molecule has 0 amide bonds. The summed E-state index contributed by atoms with van der Waals surface area (Å²) in [4.78, 5) is 1.62. The van der Waals surface area contributed by atoms with Crippen molar-refractivity contribution in [2.24, 2.45) is 17.6 Å². The molecule has 0 heterocycles. The standard InChI is InChI=1S/C13H16F2N2S/c1-7-5-8(7)6-17(2)10-4-3-9(13(16)18)11(14)12(10)15/h3-4,7-8H,5-6H2,1-2H3,(H2,16,18). The zero-order chi connectivity index (χ0) is 13.4. The van der Waals surface area contributed by atoms with E-state index in [1.165, 1.54) is 12.1 Å². The summed E-state index contributed by atoms with van der Waals surface area (Å²) >= 11 is 4.67. The van der Waals surface area contributed by atoms with E-state index in [-0.39, 0.29) is 16.2 Å². The van der Waals surface area contributed by atoms with Crippen LogP contribution in [-0.4, -0.2) is 18.6 Å². The topological polar surface area (TPSA) is 29.3 Å². The van der Waals surface area contributed by atoms with E-state index >= 15 is 0 Å². The quantitative estimate of drug-likeness (QED) is 0.853. The van der Waals surface area contributed by atoms with E-state index in [1.807, 2.05) is 0 Å². The maximum absolute atomic E-state index is 13.9. The van der Waals surface area contributed by atoms with Crippen LogP contribution in [0.15, 0.2) is 12.1 Å². The van der Waals surface area contributed by atoms with Crippen molar-refractivity contribution in [3.63, 3.8) is 0 Å². The molecule has 18 heavy (non-hydrogen) atoms. The van der Waals surface area contributed by atoms with E-state index < -0.39 is 11.6 Å². The molecule has 0 radical (unpaired) electrons. The molecule has 5 heteroatoms. The Hall–Kier alpha value is -1.23. The first kappa shape index (κ1) is 13.2. The van der Waals surface area contributed by atoms with Gasteiger partial charge in [0.25, 0.3) is 0 Å². The third kappa shape index (κ3) is 2.46. The van der Waals surface area contributed by atoms with Crippen LogP contribution in [0.5, 0.6) is 0 Å². The largest absolute Gasteiger partial charge is 0.389 e. The molecule has 2 unspecified atom stereocenters. The molecule has 2 N–H and O–H groups in total. The van der Waals surface area contributed by atoms with Crippen LogP contribution >= 0.6 is 12.2 Å². The van der Waals surface area contributed by atoms with Crippen molar-refractivity contribution in [3.05, 3.63) is 29.3 Å². The third-order valence-corrected chi connectivity index (χ3v) is 3.74. The molecule has 1 fully saturated rings. The lowest BCUT2D eigenvalue weighted by atomic mass is 10.1. The summed E-state index contributed by atoms with van der Waals surface area (Å²) in [6, 6.07) is 2.96. The average Bonchev–Trinajstić information content (AvgIpc) is 2.97. The van der Waals surface area contributed by atoms with Crippen molar-refractivity contribution >= 4 is 22.9 Å². The van der Waals surface area contributed by atoms with Gasteiger partial charge in [-0.2, -0.15) is 0 Å². The first-order valence-electron chi connectivity index (χ1n) is 5.90. The van der Waals surface area contributed by atoms with Gasteiger partial charge in [-0.3, -0.25) is 0 Å². The lowest BCUT2D eigenvalue weighted by Gasteiger charge is -2.20. The summed E-state index contributed by atoms with van der Waals surface area (Å²) < 4.78 is 27.6. The van der Waals surface area contributed by atoms with Crippen LogP contribution in [0, 0.1) is 23.5 Å². The van der Waals surface area contributed by atoms with Crippen molar-refractivity contribution in [2.45, 2.75) is 13.3 Å². The van der Waals surface area contributed by atoms with Crippen LogP contribution in [-0.2, 0) is 0 Å². The van der Waals surface area contributed by atoms with Crippen LogP contribution in [0.4, 0.5) is 14.5 Å². The fraction of sp³-hybridized carbons (Fsp3) is 0.462. The smallest absolute Gasteiger partial charge is 0.182 e. The van der Waals surface area contributed by atoms with E-state index in [0.717, 1.165) is 13.0 Å². The van der Waals surface area contributed by atoms with Gasteiger partial charge in [0.2, 0.25) is 0 Å². The van der Waals surface area contributed by atoms with Gasteiger partial charge in [-0.1, -0.05) is 19.1 Å². The number of hydrogen-bond acceptors (Lipinski definition) is 2. The first-order chi connectivity index (χ1) is 8.41. The molecule has 0 aliphatic heterocycles. The second-order valence-corrected chi connectivity index (χ2v) is 5.42. The van der Waals surface area contributed by atoms with Gasteiger partial charge in [-0.25, -0.2) is 8.78 Å². The Kier molecular flexibility index (Phi) is 3.52. The lowest BCUT2D eigenvalue weighted by molar-refractivity contribution is 0.505. The number of nitrogens with two attached hydrogens (primary N) is 1. The molecule has 1 aromatic rings. The molecule has 0 saturated heterocycles. The van der Waals surface area contributed by atoms with Crippen molar-refractivity contribution in [2.75, 3.05) is 18.5 Å². The van der Waals surface area contributed by atoms with Crippen LogP contribution in [0.2, 0.25) is 0 Å². The summed E-state index contributed by atoms with van der Waals surface area (Å²) in [6.07, 6.45) is 1.15.